The van der Waals surface area contributed by atoms with Crippen LogP contribution in [0.4, 0.5) is 0 Å². The van der Waals surface area contributed by atoms with Crippen molar-refractivity contribution in [1.82, 2.24) is 20.1 Å². The van der Waals surface area contributed by atoms with Crippen molar-refractivity contribution < 1.29 is 9.15 Å². The highest BCUT2D eigenvalue weighted by Crippen LogP contribution is 2.23. The molecule has 1 N–H and O–H groups in total. The number of nitrogens with one attached hydrogen (secondary N) is 1. The van der Waals surface area contributed by atoms with Crippen LogP contribution in [0.25, 0.3) is 5.82 Å². The standard InChI is InChI=1S/C18H22N4O2/c1-13(21-16(12-23-3)17-7-6-10-24-17)15-11-20-22(14(15)2)18-8-4-5-9-19-18/h4-11,13,16,21H,12H2,1-3H3/t13-,16+/m1/s1. The minimum atomic E-state index is -0.0161. The van der Waals surface area contributed by atoms with Gasteiger partial charge in [-0.25, -0.2) is 9.67 Å². The quantitative estimate of drug-likeness (QED) is 0.722. The fraction of sp³-hybridized carbons (Fsp3) is 0.333. The zero-order valence-corrected chi connectivity index (χ0v) is 14.1. The van der Waals surface area contributed by atoms with Crippen LogP contribution >= 0.6 is 0 Å². The first kappa shape index (κ1) is 16.4. The van der Waals surface area contributed by atoms with E-state index in [9.17, 15) is 0 Å². The fourth-order valence-electron chi connectivity index (χ4n) is 2.82. The van der Waals surface area contributed by atoms with Gasteiger partial charge in [-0.1, -0.05) is 6.07 Å². The van der Waals surface area contributed by atoms with Gasteiger partial charge in [-0.05, 0) is 38.1 Å². The first-order chi connectivity index (χ1) is 11.7. The molecule has 0 unspecified atom stereocenters. The first-order valence-electron chi connectivity index (χ1n) is 7.95. The number of pyridine rings is 1. The third-order valence-electron chi connectivity index (χ3n) is 4.05. The zero-order chi connectivity index (χ0) is 16.9. The van der Waals surface area contributed by atoms with Crippen molar-refractivity contribution in [2.24, 2.45) is 0 Å². The highest BCUT2D eigenvalue weighted by Gasteiger charge is 2.21. The van der Waals surface area contributed by atoms with E-state index in [1.807, 2.05) is 48.1 Å². The lowest BCUT2D eigenvalue weighted by molar-refractivity contribution is 0.152. The van der Waals surface area contributed by atoms with E-state index in [1.54, 1.807) is 19.6 Å². The maximum absolute atomic E-state index is 5.52. The van der Waals surface area contributed by atoms with E-state index in [0.717, 1.165) is 22.8 Å². The van der Waals surface area contributed by atoms with Crippen LogP contribution in [0.5, 0.6) is 0 Å². The van der Waals surface area contributed by atoms with Crippen molar-refractivity contribution in [3.63, 3.8) is 0 Å². The molecule has 0 saturated carbocycles. The Bertz CT molecular complexity index is 753. The molecule has 6 heteroatoms. The second-order valence-electron chi connectivity index (χ2n) is 5.70. The van der Waals surface area contributed by atoms with Crippen molar-refractivity contribution in [2.45, 2.75) is 25.9 Å². The van der Waals surface area contributed by atoms with Crippen molar-refractivity contribution in [3.05, 3.63) is 66.0 Å². The Morgan fingerprint density at radius 1 is 1.29 bits per heavy atom. The monoisotopic (exact) mass is 326 g/mol. The summed E-state index contributed by atoms with van der Waals surface area (Å²) in [6.45, 7) is 4.69. The summed E-state index contributed by atoms with van der Waals surface area (Å²) in [5.41, 5.74) is 2.18. The summed E-state index contributed by atoms with van der Waals surface area (Å²) in [5, 5.41) is 8.03. The molecule has 24 heavy (non-hydrogen) atoms. The Hall–Kier alpha value is -2.44. The highest BCUT2D eigenvalue weighted by molar-refractivity contribution is 5.29. The molecule has 0 aliphatic carbocycles. The normalized spacial score (nSPS) is 13.8. The van der Waals surface area contributed by atoms with E-state index in [2.05, 4.69) is 22.3 Å². The Morgan fingerprint density at radius 2 is 2.17 bits per heavy atom. The van der Waals surface area contributed by atoms with Crippen molar-refractivity contribution in [1.29, 1.82) is 0 Å². The van der Waals surface area contributed by atoms with Crippen LogP contribution in [-0.2, 0) is 4.74 Å². The van der Waals surface area contributed by atoms with E-state index in [4.69, 9.17) is 9.15 Å². The van der Waals surface area contributed by atoms with E-state index in [-0.39, 0.29) is 12.1 Å². The maximum atomic E-state index is 5.52. The summed E-state index contributed by atoms with van der Waals surface area (Å²) in [6.07, 6.45) is 5.33. The van der Waals surface area contributed by atoms with Gasteiger partial charge in [-0.15, -0.1) is 0 Å². The van der Waals surface area contributed by atoms with E-state index in [0.29, 0.717) is 6.61 Å². The molecule has 0 fully saturated rings. The van der Waals surface area contributed by atoms with E-state index in [1.165, 1.54) is 0 Å². The molecule has 2 atom stereocenters. The van der Waals surface area contributed by atoms with Gasteiger partial charge in [0, 0.05) is 30.6 Å². The lowest BCUT2D eigenvalue weighted by Gasteiger charge is -2.21. The average molecular weight is 326 g/mol. The molecule has 0 aliphatic rings. The second-order valence-corrected chi connectivity index (χ2v) is 5.70. The van der Waals surface area contributed by atoms with E-state index < -0.39 is 0 Å². The third kappa shape index (κ3) is 3.39. The molecule has 0 aromatic carbocycles. The van der Waals surface area contributed by atoms with Crippen LogP contribution in [0.2, 0.25) is 0 Å². The third-order valence-corrected chi connectivity index (χ3v) is 4.05. The molecule has 0 amide bonds. The maximum Gasteiger partial charge on any atom is 0.153 e. The molecule has 0 radical (unpaired) electrons. The average Bonchev–Trinajstić information content (AvgIpc) is 3.25. The smallest absolute Gasteiger partial charge is 0.153 e. The molecule has 0 saturated heterocycles. The molecule has 126 valence electrons. The predicted molar refractivity (Wildman–Crippen MR) is 91.0 cm³/mol. The van der Waals surface area contributed by atoms with Gasteiger partial charge < -0.3 is 9.15 Å². The Labute approximate surface area is 141 Å². The number of ether oxygens (including phenoxy) is 1. The number of methoxy groups -OCH3 is 1. The molecule has 6 nitrogen and oxygen atoms in total. The van der Waals surface area contributed by atoms with Crippen LogP contribution in [-0.4, -0.2) is 28.5 Å². The first-order valence-corrected chi connectivity index (χ1v) is 7.95. The molecule has 3 heterocycles. The molecular formula is C18H22N4O2. The molecule has 3 rings (SSSR count). The van der Waals surface area contributed by atoms with Gasteiger partial charge in [0.05, 0.1) is 25.1 Å². The van der Waals surface area contributed by atoms with Crippen LogP contribution < -0.4 is 5.32 Å². The molecule has 0 aliphatic heterocycles. The largest absolute Gasteiger partial charge is 0.468 e. The number of rotatable bonds is 7. The summed E-state index contributed by atoms with van der Waals surface area (Å²) in [4.78, 5) is 4.36. The number of nitrogens with zero attached hydrogens (tertiary/aromatic N) is 3. The summed E-state index contributed by atoms with van der Waals surface area (Å²) in [7, 11) is 1.69. The van der Waals surface area contributed by atoms with Gasteiger partial charge in [0.15, 0.2) is 5.82 Å². The molecule has 0 bridgehead atoms. The van der Waals surface area contributed by atoms with Crippen LogP contribution in [0.3, 0.4) is 0 Å². The van der Waals surface area contributed by atoms with Crippen molar-refractivity contribution in [3.8, 4) is 5.82 Å². The highest BCUT2D eigenvalue weighted by atomic mass is 16.5. The predicted octanol–water partition coefficient (Wildman–Crippen LogP) is 3.21. The summed E-state index contributed by atoms with van der Waals surface area (Å²) < 4.78 is 12.7. The van der Waals surface area contributed by atoms with Crippen LogP contribution in [0.15, 0.2) is 53.4 Å². The van der Waals surface area contributed by atoms with Crippen LogP contribution in [0.1, 0.15) is 36.0 Å². The van der Waals surface area contributed by atoms with Gasteiger partial charge in [-0.2, -0.15) is 5.10 Å². The molecule has 0 spiro atoms. The van der Waals surface area contributed by atoms with E-state index >= 15 is 0 Å². The lowest BCUT2D eigenvalue weighted by Crippen LogP contribution is -2.28. The lowest BCUT2D eigenvalue weighted by atomic mass is 10.1. The van der Waals surface area contributed by atoms with Gasteiger partial charge >= 0.3 is 0 Å². The topological polar surface area (TPSA) is 65.1 Å². The molecule has 3 aromatic heterocycles. The molecular weight excluding hydrogens is 304 g/mol. The summed E-state index contributed by atoms with van der Waals surface area (Å²) >= 11 is 0. The molecule has 3 aromatic rings. The van der Waals surface area contributed by atoms with Crippen molar-refractivity contribution in [2.75, 3.05) is 13.7 Å². The Kier molecular flexibility index (Phi) is 5.08. The van der Waals surface area contributed by atoms with Crippen LogP contribution in [0, 0.1) is 6.92 Å². The van der Waals surface area contributed by atoms with Gasteiger partial charge in [0.1, 0.15) is 5.76 Å². The number of hydrogen-bond donors (Lipinski definition) is 1. The van der Waals surface area contributed by atoms with Gasteiger partial charge in [-0.3, -0.25) is 5.32 Å². The number of hydrogen-bond acceptors (Lipinski definition) is 5. The zero-order valence-electron chi connectivity index (χ0n) is 14.1. The fourth-order valence-corrected chi connectivity index (χ4v) is 2.82. The Morgan fingerprint density at radius 3 is 2.83 bits per heavy atom. The second kappa shape index (κ2) is 7.42. The SMILES string of the molecule is COC[C@H](N[C@H](C)c1cnn(-c2ccccn2)c1C)c1ccco1. The Balaban J connectivity index is 1.80. The number of aromatic nitrogens is 3. The summed E-state index contributed by atoms with van der Waals surface area (Å²) in [6, 6.07) is 9.70. The van der Waals surface area contributed by atoms with Crippen molar-refractivity contribution >= 4 is 0 Å². The number of furan rings is 1. The van der Waals surface area contributed by atoms with Gasteiger partial charge in [0.25, 0.3) is 0 Å². The van der Waals surface area contributed by atoms with Gasteiger partial charge in [0.2, 0.25) is 0 Å². The summed E-state index contributed by atoms with van der Waals surface area (Å²) in [5.74, 6) is 1.67. The minimum absolute atomic E-state index is 0.0161. The minimum Gasteiger partial charge on any atom is -0.468 e.